The Hall–Kier alpha value is -18.9. The number of hydrogen-bond acceptors (Lipinski definition) is 10. The van der Waals surface area contributed by atoms with Crippen molar-refractivity contribution in [3.8, 4) is 95.7 Å². The third-order valence-corrected chi connectivity index (χ3v) is 33.1. The van der Waals surface area contributed by atoms with E-state index in [1.54, 1.807) is 0 Å². The summed E-state index contributed by atoms with van der Waals surface area (Å²) >= 11 is 5.51. The Morgan fingerprint density at radius 2 is 0.473 bits per heavy atom. The fourth-order valence-electron chi connectivity index (χ4n) is 22.8. The van der Waals surface area contributed by atoms with Crippen LogP contribution < -0.4 is 0 Å². The molecule has 32 rings (SSSR count). The van der Waals surface area contributed by atoms with Crippen LogP contribution in [0.2, 0.25) is 0 Å². The van der Waals surface area contributed by atoms with E-state index in [9.17, 15) is 0 Å². The molecule has 0 atom stereocenters. The summed E-state index contributed by atoms with van der Waals surface area (Å²) in [6.07, 6.45) is 1.84. The minimum atomic E-state index is 0.907. The number of thiophene rings is 3. The highest BCUT2D eigenvalue weighted by Crippen LogP contribution is 2.53. The van der Waals surface area contributed by atoms with E-state index in [4.69, 9.17) is 29.9 Å². The Bertz CT molecular complexity index is 11100. The van der Waals surface area contributed by atoms with Crippen molar-refractivity contribution in [3.05, 3.63) is 485 Å². The van der Waals surface area contributed by atoms with Crippen molar-refractivity contribution in [2.75, 3.05) is 0 Å². The highest BCUT2D eigenvalue weighted by Gasteiger charge is 2.29. The minimum Gasteiger partial charge on any atom is -0.301 e. The average Bonchev–Trinajstić information content (AvgIpc) is 1.60. The third kappa shape index (κ3) is 13.7. The van der Waals surface area contributed by atoms with Gasteiger partial charge in [0, 0.05) is 143 Å². The van der Waals surface area contributed by atoms with Gasteiger partial charge >= 0.3 is 0 Å². The second-order valence-electron chi connectivity index (χ2n) is 37.9. The van der Waals surface area contributed by atoms with Crippen LogP contribution in [0, 0.1) is 0 Å². The maximum Gasteiger partial charge on any atom is 0.109 e. The smallest absolute Gasteiger partial charge is 0.109 e. The standard InChI is InChI=1S/C47H28N4S.C47H28N2S.C41H24N4S/c1-3-12-29(13-4-1)37-26-24-31-22-23-32-25-27-38(49-44(32)43(31)48-37)33-16-11-17-34(28-33)51-40-21-10-8-19-36(40)42-41-35-18-7-9-20-39(35)50-45(46(41)52-47(42)51)30-14-5-2-6-15-30;1-2-12-30(13-3-1)45-46-43(38-18-8-10-20-41(38)48-45)44-39-19-9-11-21-42(39)49(47(44)50-46)32-25-22-29(23-26-32)31-24-27-37-35-16-5-4-14-33(35)34-15-6-7-17-36(34)40(37)28-31;1-2-9-26(10-3-1)39-40-35(30-12-4-6-14-33(30)44-39)36-31-13-5-7-15-34(31)45(41(36)46-40)29-21-18-25(19-22-29)32-23-20-28-17-16-27-11-8-24-42-37(27)38(28)43-32/h1-28H;1-28H;1-24H. The van der Waals surface area contributed by atoms with Crippen molar-refractivity contribution in [1.29, 1.82) is 0 Å². The molecule has 0 radical (unpaired) electrons. The molecule has 10 nitrogen and oxygen atoms in total. The molecule has 13 aromatic heterocycles. The Morgan fingerprint density at radius 1 is 0.169 bits per heavy atom. The first-order chi connectivity index (χ1) is 73.4. The molecule has 0 saturated carbocycles. The van der Waals surface area contributed by atoms with Crippen LogP contribution in [0.4, 0.5) is 0 Å². The number of pyridine rings is 7. The number of aromatic nitrogens is 10. The van der Waals surface area contributed by atoms with Crippen LogP contribution >= 0.6 is 34.0 Å². The first kappa shape index (κ1) is 84.8. The summed E-state index contributed by atoms with van der Waals surface area (Å²) < 4.78 is 10.9. The molecule has 688 valence electrons. The Balaban J connectivity index is 0.000000103. The number of benzene rings is 19. The molecule has 0 saturated heterocycles. The summed E-state index contributed by atoms with van der Waals surface area (Å²) in [6.45, 7) is 0. The topological polar surface area (TPSA) is 105 Å². The fraction of sp³-hybridized carbons (Fsp3) is 0. The zero-order valence-electron chi connectivity index (χ0n) is 79.4. The van der Waals surface area contributed by atoms with Gasteiger partial charge in [0.1, 0.15) is 14.5 Å². The zero-order chi connectivity index (χ0) is 97.1. The van der Waals surface area contributed by atoms with Gasteiger partial charge in [-0.2, -0.15) is 0 Å². The van der Waals surface area contributed by atoms with E-state index in [-0.39, 0.29) is 0 Å². The molecule has 19 aromatic carbocycles. The summed E-state index contributed by atoms with van der Waals surface area (Å²) in [5.41, 5.74) is 28.6. The molecule has 0 spiro atoms. The molecule has 0 N–H and O–H groups in total. The van der Waals surface area contributed by atoms with Gasteiger partial charge in [-0.1, -0.05) is 376 Å². The van der Waals surface area contributed by atoms with Crippen molar-refractivity contribution in [3.63, 3.8) is 0 Å². The lowest BCUT2D eigenvalue weighted by Gasteiger charge is -2.12. The molecule has 0 unspecified atom stereocenters. The Labute approximate surface area is 859 Å². The maximum absolute atomic E-state index is 5.29. The van der Waals surface area contributed by atoms with E-state index in [1.165, 1.54) is 153 Å². The van der Waals surface area contributed by atoms with Crippen LogP contribution in [0.25, 0.3) is 298 Å². The van der Waals surface area contributed by atoms with Crippen LogP contribution in [0.5, 0.6) is 0 Å². The second kappa shape index (κ2) is 34.5. The monoisotopic (exact) mass is 1940 g/mol. The quantitative estimate of drug-likeness (QED) is 0.126. The minimum absolute atomic E-state index is 0.907. The van der Waals surface area contributed by atoms with Crippen LogP contribution in [0.1, 0.15) is 0 Å². The number of rotatable bonds is 10. The van der Waals surface area contributed by atoms with Crippen LogP contribution in [0.3, 0.4) is 0 Å². The van der Waals surface area contributed by atoms with E-state index in [1.807, 2.05) is 52.3 Å². The largest absolute Gasteiger partial charge is 0.301 e. The average molecular weight is 1940 g/mol. The summed E-state index contributed by atoms with van der Waals surface area (Å²) in [6, 6.07) is 171. The van der Waals surface area contributed by atoms with Gasteiger partial charge in [-0.05, 0) is 147 Å². The first-order valence-corrected chi connectivity index (χ1v) is 52.3. The molecule has 0 aliphatic carbocycles. The van der Waals surface area contributed by atoms with Crippen molar-refractivity contribution < 1.29 is 0 Å². The predicted octanol–water partition coefficient (Wildman–Crippen LogP) is 37.0. The molecule has 0 fully saturated rings. The molecule has 13 heterocycles. The highest BCUT2D eigenvalue weighted by atomic mass is 32.1. The molecule has 13 heteroatoms. The van der Waals surface area contributed by atoms with E-state index in [2.05, 4.69) is 486 Å². The van der Waals surface area contributed by atoms with Crippen molar-refractivity contribution in [2.45, 2.75) is 0 Å². The first-order valence-electron chi connectivity index (χ1n) is 49.9. The summed E-state index contributed by atoms with van der Waals surface area (Å²) in [7, 11) is 0. The SMILES string of the molecule is c1ccc(-c2ccc3ccc4ccc(-c5cccc(-n6c7ccccc7c7c8c(sc76)c(-c6ccccc6)nc6ccccc68)c5)nc4c3n2)cc1.c1ccc(-c2nc3ccccc3c3c2sc2c3c3ccccc3n2-c2ccc(-c3ccc4c5ccccc5c5ccccc5c4c3)cc2)cc1.c1ccc(-c2nc3ccccc3c3c2sc2c3c3ccccc3n2-c2ccc(-c3ccc4ccc5cccnc5c4n3)cc2)cc1. The molecule has 0 bridgehead atoms. The molecule has 0 aliphatic heterocycles. The summed E-state index contributed by atoms with van der Waals surface area (Å²) in [5, 5.41) is 27.1. The number of para-hydroxylation sites is 6. The number of hydrogen-bond donors (Lipinski definition) is 0. The van der Waals surface area contributed by atoms with Crippen molar-refractivity contribution in [1.82, 2.24) is 48.6 Å². The van der Waals surface area contributed by atoms with E-state index < -0.39 is 0 Å². The van der Waals surface area contributed by atoms with Crippen LogP contribution in [0.15, 0.2) is 485 Å². The van der Waals surface area contributed by atoms with Gasteiger partial charge in [-0.3, -0.25) is 4.98 Å². The van der Waals surface area contributed by atoms with Crippen molar-refractivity contribution in [2.24, 2.45) is 0 Å². The molecular formula is C135H80N10S3. The molecular weight excluding hydrogens is 1860 g/mol. The second-order valence-corrected chi connectivity index (χ2v) is 40.9. The predicted molar refractivity (Wildman–Crippen MR) is 626 cm³/mol. The van der Waals surface area contributed by atoms with Gasteiger partial charge in [-0.25, -0.2) is 29.9 Å². The van der Waals surface area contributed by atoms with Crippen LogP contribution in [-0.2, 0) is 0 Å². The molecule has 0 aliphatic rings. The number of fused-ring (bicyclic) bond motifs is 33. The van der Waals surface area contributed by atoms with Crippen molar-refractivity contribution >= 4 is 236 Å². The maximum atomic E-state index is 5.29. The highest BCUT2D eigenvalue weighted by molar-refractivity contribution is 7.27. The zero-order valence-corrected chi connectivity index (χ0v) is 81.8. The summed E-state index contributed by atoms with van der Waals surface area (Å²) in [4.78, 5) is 39.5. The normalized spacial score (nSPS) is 11.9. The summed E-state index contributed by atoms with van der Waals surface area (Å²) in [5.74, 6) is 0. The van der Waals surface area contributed by atoms with E-state index in [0.29, 0.717) is 0 Å². The lowest BCUT2D eigenvalue weighted by atomic mass is 9.92. The van der Waals surface area contributed by atoms with Gasteiger partial charge in [-0.15, -0.1) is 34.0 Å². The van der Waals surface area contributed by atoms with Gasteiger partial charge < -0.3 is 13.7 Å². The van der Waals surface area contributed by atoms with Gasteiger partial charge in [0.05, 0.1) is 103 Å². The Morgan fingerprint density at radius 3 is 0.892 bits per heavy atom. The molecule has 0 amide bonds. The van der Waals surface area contributed by atoms with Crippen LogP contribution in [-0.4, -0.2) is 48.6 Å². The van der Waals surface area contributed by atoms with Gasteiger partial charge in [0.2, 0.25) is 0 Å². The Kier molecular flexibility index (Phi) is 19.7. The lowest BCUT2D eigenvalue weighted by molar-refractivity contribution is 1.19. The van der Waals surface area contributed by atoms with E-state index >= 15 is 0 Å². The lowest BCUT2D eigenvalue weighted by Crippen LogP contribution is -1.94. The van der Waals surface area contributed by atoms with Gasteiger partial charge in [0.25, 0.3) is 0 Å². The molecule has 32 aromatic rings. The fourth-order valence-corrected chi connectivity index (χ4v) is 26.9. The van der Waals surface area contributed by atoms with Gasteiger partial charge in [0.15, 0.2) is 0 Å². The number of nitrogens with zero attached hydrogens (tertiary/aromatic N) is 10. The third-order valence-electron chi connectivity index (χ3n) is 29.6. The molecule has 148 heavy (non-hydrogen) atoms. The van der Waals surface area contributed by atoms with E-state index in [0.717, 1.165) is 145 Å².